The predicted octanol–water partition coefficient (Wildman–Crippen LogP) is 3.59. The molecule has 0 bridgehead atoms. The molecular weight excluding hydrogens is 172 g/mol. The van der Waals surface area contributed by atoms with Crippen LogP contribution in [0, 0.1) is 0 Å². The summed E-state index contributed by atoms with van der Waals surface area (Å²) in [6.45, 7) is 4.35. The number of aliphatic hydroxyl groups excluding tert-OH is 1. The molecule has 0 saturated heterocycles. The SMILES string of the molecule is CCC/C=C1/CC/C(=C\CCC)C1O. The zero-order valence-corrected chi connectivity index (χ0v) is 9.42. The fourth-order valence-corrected chi connectivity index (χ4v) is 1.89. The van der Waals surface area contributed by atoms with Crippen molar-refractivity contribution in [3.63, 3.8) is 0 Å². The summed E-state index contributed by atoms with van der Waals surface area (Å²) in [5, 5.41) is 9.97. The predicted molar refractivity (Wildman–Crippen MR) is 61.2 cm³/mol. The van der Waals surface area contributed by atoms with Gasteiger partial charge in [0.1, 0.15) is 0 Å². The van der Waals surface area contributed by atoms with E-state index in [0.717, 1.165) is 25.7 Å². The molecule has 80 valence electrons. The van der Waals surface area contributed by atoms with E-state index in [4.69, 9.17) is 0 Å². The molecule has 0 spiro atoms. The molecule has 1 fully saturated rings. The first-order chi connectivity index (χ1) is 6.79. The molecule has 1 saturated carbocycles. The molecule has 0 radical (unpaired) electrons. The number of aliphatic hydroxyl groups is 1. The number of unbranched alkanes of at least 4 members (excludes halogenated alkanes) is 2. The summed E-state index contributed by atoms with van der Waals surface area (Å²) < 4.78 is 0. The van der Waals surface area contributed by atoms with E-state index in [2.05, 4.69) is 26.0 Å². The Balaban J connectivity index is 2.54. The van der Waals surface area contributed by atoms with Crippen LogP contribution in [-0.4, -0.2) is 11.2 Å². The number of hydrogen-bond acceptors (Lipinski definition) is 1. The van der Waals surface area contributed by atoms with Crippen molar-refractivity contribution in [1.29, 1.82) is 0 Å². The van der Waals surface area contributed by atoms with Crippen LogP contribution in [0.25, 0.3) is 0 Å². The third-order valence-corrected chi connectivity index (χ3v) is 2.80. The van der Waals surface area contributed by atoms with Crippen LogP contribution < -0.4 is 0 Å². The van der Waals surface area contributed by atoms with Crippen LogP contribution >= 0.6 is 0 Å². The molecule has 1 heteroatoms. The standard InChI is InChI=1S/C13H22O/c1-3-5-7-11-9-10-12(13(11)14)8-6-4-2/h7-8,13-14H,3-6,9-10H2,1-2H3/b11-7-,12-8+. The first kappa shape index (κ1) is 11.5. The molecule has 0 aliphatic heterocycles. The second-order valence-electron chi connectivity index (χ2n) is 4.04. The molecule has 14 heavy (non-hydrogen) atoms. The molecular formula is C13H22O. The van der Waals surface area contributed by atoms with Crippen LogP contribution in [0.3, 0.4) is 0 Å². The van der Waals surface area contributed by atoms with Crippen molar-refractivity contribution in [1.82, 2.24) is 0 Å². The molecule has 1 nitrogen and oxygen atoms in total. The van der Waals surface area contributed by atoms with Crippen molar-refractivity contribution < 1.29 is 5.11 Å². The molecule has 0 aromatic heterocycles. The maximum Gasteiger partial charge on any atom is 0.0961 e. The maximum atomic E-state index is 9.97. The lowest BCUT2D eigenvalue weighted by Gasteiger charge is -2.06. The summed E-state index contributed by atoms with van der Waals surface area (Å²) in [6, 6.07) is 0. The van der Waals surface area contributed by atoms with Gasteiger partial charge in [0.25, 0.3) is 0 Å². The lowest BCUT2D eigenvalue weighted by Crippen LogP contribution is -2.05. The van der Waals surface area contributed by atoms with Gasteiger partial charge in [0.15, 0.2) is 0 Å². The van der Waals surface area contributed by atoms with Crippen molar-refractivity contribution in [3.8, 4) is 0 Å². The Kier molecular flexibility index (Phi) is 4.95. The summed E-state index contributed by atoms with van der Waals surface area (Å²) >= 11 is 0. The van der Waals surface area contributed by atoms with Crippen molar-refractivity contribution in [3.05, 3.63) is 23.3 Å². The Morgan fingerprint density at radius 3 is 1.86 bits per heavy atom. The highest BCUT2D eigenvalue weighted by Crippen LogP contribution is 2.30. The van der Waals surface area contributed by atoms with Gasteiger partial charge in [0, 0.05) is 0 Å². The molecule has 0 heterocycles. The van der Waals surface area contributed by atoms with Crippen LogP contribution in [-0.2, 0) is 0 Å². The quantitative estimate of drug-likeness (QED) is 0.678. The van der Waals surface area contributed by atoms with Crippen LogP contribution in [0.5, 0.6) is 0 Å². The van der Waals surface area contributed by atoms with Gasteiger partial charge in [-0.25, -0.2) is 0 Å². The van der Waals surface area contributed by atoms with Gasteiger partial charge in [0.05, 0.1) is 6.10 Å². The van der Waals surface area contributed by atoms with Gasteiger partial charge in [-0.15, -0.1) is 0 Å². The van der Waals surface area contributed by atoms with Gasteiger partial charge >= 0.3 is 0 Å². The Morgan fingerprint density at radius 1 is 1.07 bits per heavy atom. The van der Waals surface area contributed by atoms with Gasteiger partial charge < -0.3 is 5.11 Å². The van der Waals surface area contributed by atoms with E-state index >= 15 is 0 Å². The number of hydrogen-bond donors (Lipinski definition) is 1. The van der Waals surface area contributed by atoms with Crippen molar-refractivity contribution in [2.24, 2.45) is 0 Å². The summed E-state index contributed by atoms with van der Waals surface area (Å²) in [6.07, 6.45) is 10.9. The van der Waals surface area contributed by atoms with Gasteiger partial charge in [-0.2, -0.15) is 0 Å². The summed E-state index contributed by atoms with van der Waals surface area (Å²) in [5.41, 5.74) is 2.49. The van der Waals surface area contributed by atoms with Crippen LogP contribution in [0.1, 0.15) is 52.4 Å². The lowest BCUT2D eigenvalue weighted by atomic mass is 10.1. The molecule has 0 aromatic rings. The maximum absolute atomic E-state index is 9.97. The Bertz CT molecular complexity index is 201. The highest BCUT2D eigenvalue weighted by Gasteiger charge is 2.22. The first-order valence-electron chi connectivity index (χ1n) is 5.85. The van der Waals surface area contributed by atoms with Crippen LogP contribution in [0.15, 0.2) is 23.3 Å². The van der Waals surface area contributed by atoms with E-state index in [1.165, 1.54) is 24.0 Å². The molecule has 0 aromatic carbocycles. The molecule has 1 rings (SSSR count). The van der Waals surface area contributed by atoms with Crippen molar-refractivity contribution >= 4 is 0 Å². The molecule has 1 aliphatic carbocycles. The van der Waals surface area contributed by atoms with Crippen LogP contribution in [0.4, 0.5) is 0 Å². The number of allylic oxidation sites excluding steroid dienone is 2. The monoisotopic (exact) mass is 194 g/mol. The average Bonchev–Trinajstić information content (AvgIpc) is 2.54. The van der Waals surface area contributed by atoms with E-state index in [1.54, 1.807) is 0 Å². The fourth-order valence-electron chi connectivity index (χ4n) is 1.89. The second kappa shape index (κ2) is 6.02. The van der Waals surface area contributed by atoms with E-state index in [9.17, 15) is 5.11 Å². The molecule has 1 atom stereocenters. The minimum Gasteiger partial charge on any atom is -0.384 e. The second-order valence-corrected chi connectivity index (χ2v) is 4.04. The fraction of sp³-hybridized carbons (Fsp3) is 0.692. The van der Waals surface area contributed by atoms with Crippen molar-refractivity contribution in [2.45, 2.75) is 58.5 Å². The molecule has 1 unspecified atom stereocenters. The van der Waals surface area contributed by atoms with Gasteiger partial charge in [-0.05, 0) is 36.8 Å². The summed E-state index contributed by atoms with van der Waals surface area (Å²) in [5.74, 6) is 0. The zero-order valence-electron chi connectivity index (χ0n) is 9.42. The van der Waals surface area contributed by atoms with Gasteiger partial charge in [0.2, 0.25) is 0 Å². The van der Waals surface area contributed by atoms with E-state index in [0.29, 0.717) is 0 Å². The van der Waals surface area contributed by atoms with Gasteiger partial charge in [-0.3, -0.25) is 0 Å². The third-order valence-electron chi connectivity index (χ3n) is 2.80. The Hall–Kier alpha value is -0.560. The van der Waals surface area contributed by atoms with Gasteiger partial charge in [-0.1, -0.05) is 38.8 Å². The number of rotatable bonds is 4. The van der Waals surface area contributed by atoms with E-state index < -0.39 is 0 Å². The minimum atomic E-state index is -0.256. The molecule has 1 aliphatic rings. The average molecular weight is 194 g/mol. The lowest BCUT2D eigenvalue weighted by molar-refractivity contribution is 0.254. The van der Waals surface area contributed by atoms with Crippen molar-refractivity contribution in [2.75, 3.05) is 0 Å². The normalized spacial score (nSPS) is 27.8. The topological polar surface area (TPSA) is 20.2 Å². The molecule has 1 N–H and O–H groups in total. The third kappa shape index (κ3) is 2.98. The van der Waals surface area contributed by atoms with E-state index in [1.807, 2.05) is 0 Å². The molecule has 0 amide bonds. The summed E-state index contributed by atoms with van der Waals surface area (Å²) in [7, 11) is 0. The Morgan fingerprint density at radius 2 is 1.50 bits per heavy atom. The minimum absolute atomic E-state index is 0.256. The Labute approximate surface area is 87.5 Å². The smallest absolute Gasteiger partial charge is 0.0961 e. The summed E-state index contributed by atoms with van der Waals surface area (Å²) in [4.78, 5) is 0. The largest absolute Gasteiger partial charge is 0.384 e. The van der Waals surface area contributed by atoms with Crippen LogP contribution in [0.2, 0.25) is 0 Å². The zero-order chi connectivity index (χ0) is 10.4. The van der Waals surface area contributed by atoms with E-state index in [-0.39, 0.29) is 6.10 Å². The highest BCUT2D eigenvalue weighted by molar-refractivity contribution is 5.30. The first-order valence-corrected chi connectivity index (χ1v) is 5.85. The highest BCUT2D eigenvalue weighted by atomic mass is 16.3.